The zero-order valence-electron chi connectivity index (χ0n) is 13.6. The van der Waals surface area contributed by atoms with Crippen LogP contribution in [-0.4, -0.2) is 23.8 Å². The van der Waals surface area contributed by atoms with Crippen molar-refractivity contribution in [3.8, 4) is 5.75 Å². The Labute approximate surface area is 152 Å². The largest absolute Gasteiger partial charge is 0.504 e. The van der Waals surface area contributed by atoms with E-state index in [-0.39, 0.29) is 17.2 Å². The average Bonchev–Trinajstić information content (AvgIpc) is 2.59. The number of benzene rings is 2. The van der Waals surface area contributed by atoms with Crippen molar-refractivity contribution in [2.75, 3.05) is 16.4 Å². The number of nitrogens with two attached hydrogens (primary N) is 1. The van der Waals surface area contributed by atoms with Gasteiger partial charge in [-0.1, -0.05) is 18.2 Å². The molecule has 26 heavy (non-hydrogen) atoms. The fourth-order valence-corrected chi connectivity index (χ4v) is 2.76. The van der Waals surface area contributed by atoms with Gasteiger partial charge in [0.1, 0.15) is 5.82 Å². The molecule has 0 radical (unpaired) electrons. The van der Waals surface area contributed by atoms with E-state index in [1.807, 2.05) is 0 Å². The van der Waals surface area contributed by atoms with Crippen molar-refractivity contribution in [1.29, 1.82) is 0 Å². The van der Waals surface area contributed by atoms with E-state index >= 15 is 0 Å². The molecule has 134 valence electrons. The molecule has 0 bridgehead atoms. The average molecular weight is 371 g/mol. The maximum atomic E-state index is 10.9. The van der Waals surface area contributed by atoms with Crippen molar-refractivity contribution >= 4 is 39.9 Å². The summed E-state index contributed by atoms with van der Waals surface area (Å²) in [6, 6.07) is 13.7. The van der Waals surface area contributed by atoms with Crippen molar-refractivity contribution in [2.24, 2.45) is 0 Å². The standard InChI is InChI=1S/C17H17N5O3S/c18-13-5-2-6-14(16(13)23)21-15-7-8-19-17(22-15)20-12-4-1-3-11(9-12)10-26(24)25/h1-9,23H,10,18H2,(H,24,25)(H2,19,20,21,22). The van der Waals surface area contributed by atoms with Crippen LogP contribution in [-0.2, 0) is 16.8 Å². The van der Waals surface area contributed by atoms with Gasteiger partial charge in [-0.15, -0.1) is 0 Å². The number of nitrogens with one attached hydrogen (secondary N) is 2. The number of aromatic nitrogens is 2. The molecule has 3 rings (SSSR count). The molecule has 0 aliphatic heterocycles. The lowest BCUT2D eigenvalue weighted by molar-refractivity contribution is 0.480. The number of phenols is 1. The predicted molar refractivity (Wildman–Crippen MR) is 102 cm³/mol. The Kier molecular flexibility index (Phi) is 5.30. The summed E-state index contributed by atoms with van der Waals surface area (Å²) in [5.41, 5.74) is 7.79. The highest BCUT2D eigenvalue weighted by Crippen LogP contribution is 2.31. The summed E-state index contributed by atoms with van der Waals surface area (Å²) in [7, 11) is 0. The van der Waals surface area contributed by atoms with Gasteiger partial charge in [-0.05, 0) is 35.9 Å². The zero-order valence-corrected chi connectivity index (χ0v) is 14.4. The molecule has 1 unspecified atom stereocenters. The van der Waals surface area contributed by atoms with Crippen LogP contribution in [0.3, 0.4) is 0 Å². The van der Waals surface area contributed by atoms with Gasteiger partial charge in [-0.2, -0.15) is 4.98 Å². The summed E-state index contributed by atoms with van der Waals surface area (Å²) in [6.07, 6.45) is 1.56. The van der Waals surface area contributed by atoms with Crippen LogP contribution in [0.1, 0.15) is 5.56 Å². The third-order valence-electron chi connectivity index (χ3n) is 3.46. The SMILES string of the molecule is Nc1cccc(Nc2ccnc(Nc3cccc(CS(=O)O)c3)n2)c1O. The molecule has 1 heterocycles. The van der Waals surface area contributed by atoms with Gasteiger partial charge in [0.15, 0.2) is 16.8 Å². The van der Waals surface area contributed by atoms with Crippen LogP contribution >= 0.6 is 0 Å². The number of aromatic hydroxyl groups is 1. The van der Waals surface area contributed by atoms with Gasteiger partial charge < -0.3 is 26.0 Å². The van der Waals surface area contributed by atoms with Gasteiger partial charge in [-0.25, -0.2) is 9.19 Å². The minimum atomic E-state index is -1.90. The first-order valence-electron chi connectivity index (χ1n) is 7.62. The fraction of sp³-hybridized carbons (Fsp3) is 0.0588. The Balaban J connectivity index is 1.77. The second-order valence-electron chi connectivity index (χ2n) is 5.43. The van der Waals surface area contributed by atoms with Crippen molar-refractivity contribution in [1.82, 2.24) is 9.97 Å². The van der Waals surface area contributed by atoms with Gasteiger partial charge in [0, 0.05) is 11.9 Å². The molecule has 9 heteroatoms. The first-order valence-corrected chi connectivity index (χ1v) is 8.90. The Morgan fingerprint density at radius 1 is 1.12 bits per heavy atom. The third kappa shape index (κ3) is 4.47. The number of rotatable bonds is 6. The minimum Gasteiger partial charge on any atom is -0.504 e. The molecule has 0 saturated carbocycles. The second kappa shape index (κ2) is 7.81. The Morgan fingerprint density at radius 3 is 2.73 bits per heavy atom. The first-order chi connectivity index (χ1) is 12.5. The lowest BCUT2D eigenvalue weighted by Crippen LogP contribution is -2.01. The van der Waals surface area contributed by atoms with Gasteiger partial charge in [-0.3, -0.25) is 0 Å². The van der Waals surface area contributed by atoms with Crippen LogP contribution < -0.4 is 16.4 Å². The van der Waals surface area contributed by atoms with E-state index < -0.39 is 11.1 Å². The molecule has 6 N–H and O–H groups in total. The van der Waals surface area contributed by atoms with Crippen molar-refractivity contribution in [3.05, 3.63) is 60.3 Å². The first kappa shape index (κ1) is 17.6. The van der Waals surface area contributed by atoms with Gasteiger partial charge in [0.25, 0.3) is 0 Å². The van der Waals surface area contributed by atoms with E-state index in [1.54, 1.807) is 54.7 Å². The molecule has 8 nitrogen and oxygen atoms in total. The van der Waals surface area contributed by atoms with Crippen molar-refractivity contribution < 1.29 is 13.9 Å². The summed E-state index contributed by atoms with van der Waals surface area (Å²) in [5.74, 6) is 0.800. The number of phenolic OH excluding ortho intramolecular Hbond substituents is 1. The molecule has 1 aromatic heterocycles. The summed E-state index contributed by atoms with van der Waals surface area (Å²) in [5, 5.41) is 16.0. The molecule has 0 amide bonds. The Hall–Kier alpha value is -3.17. The monoisotopic (exact) mass is 371 g/mol. The predicted octanol–water partition coefficient (Wildman–Crippen LogP) is 2.97. The van der Waals surface area contributed by atoms with E-state index in [2.05, 4.69) is 20.6 Å². The van der Waals surface area contributed by atoms with Crippen LogP contribution in [0.4, 0.5) is 28.8 Å². The molecule has 0 saturated heterocycles. The number of hydrogen-bond donors (Lipinski definition) is 5. The molecule has 3 aromatic rings. The topological polar surface area (TPSA) is 133 Å². The van der Waals surface area contributed by atoms with Crippen LogP contribution in [0.15, 0.2) is 54.7 Å². The molecule has 0 spiro atoms. The Morgan fingerprint density at radius 2 is 1.92 bits per heavy atom. The highest BCUT2D eigenvalue weighted by atomic mass is 32.2. The molecule has 0 fully saturated rings. The molecule has 1 atom stereocenters. The van der Waals surface area contributed by atoms with E-state index in [1.165, 1.54) is 0 Å². The van der Waals surface area contributed by atoms with Gasteiger partial charge in [0.2, 0.25) is 5.95 Å². The van der Waals surface area contributed by atoms with Crippen molar-refractivity contribution in [3.63, 3.8) is 0 Å². The van der Waals surface area contributed by atoms with E-state index in [0.29, 0.717) is 23.1 Å². The van der Waals surface area contributed by atoms with Crippen LogP contribution in [0, 0.1) is 0 Å². The van der Waals surface area contributed by atoms with Crippen LogP contribution in [0.25, 0.3) is 0 Å². The molecule has 0 aliphatic rings. The molecular formula is C17H17N5O3S. The Bertz CT molecular complexity index is 951. The molecular weight excluding hydrogens is 354 g/mol. The minimum absolute atomic E-state index is 0.0483. The van der Waals surface area contributed by atoms with Crippen molar-refractivity contribution in [2.45, 2.75) is 5.75 Å². The number of para-hydroxylation sites is 1. The number of nitrogen functional groups attached to an aromatic ring is 1. The molecule has 0 aliphatic carbocycles. The maximum Gasteiger partial charge on any atom is 0.229 e. The summed E-state index contributed by atoms with van der Waals surface area (Å²) in [4.78, 5) is 8.48. The van der Waals surface area contributed by atoms with Crippen LogP contribution in [0.2, 0.25) is 0 Å². The smallest absolute Gasteiger partial charge is 0.229 e. The summed E-state index contributed by atoms with van der Waals surface area (Å²) < 4.78 is 19.9. The van der Waals surface area contributed by atoms with Gasteiger partial charge in [0.05, 0.1) is 17.1 Å². The highest BCUT2D eigenvalue weighted by molar-refractivity contribution is 7.78. The summed E-state index contributed by atoms with van der Waals surface area (Å²) >= 11 is -1.90. The maximum absolute atomic E-state index is 10.9. The van der Waals surface area contributed by atoms with E-state index in [0.717, 1.165) is 5.56 Å². The van der Waals surface area contributed by atoms with Gasteiger partial charge >= 0.3 is 0 Å². The summed E-state index contributed by atoms with van der Waals surface area (Å²) in [6.45, 7) is 0. The van der Waals surface area contributed by atoms with Crippen LogP contribution in [0.5, 0.6) is 5.75 Å². The molecule has 2 aromatic carbocycles. The number of anilines is 5. The van der Waals surface area contributed by atoms with E-state index in [4.69, 9.17) is 10.3 Å². The fourth-order valence-electron chi connectivity index (χ4n) is 2.30. The zero-order chi connectivity index (χ0) is 18.5. The lowest BCUT2D eigenvalue weighted by Gasteiger charge is -2.11. The second-order valence-corrected chi connectivity index (χ2v) is 6.36. The lowest BCUT2D eigenvalue weighted by atomic mass is 10.2. The highest BCUT2D eigenvalue weighted by Gasteiger charge is 2.07. The number of hydrogen-bond acceptors (Lipinski definition) is 7. The number of nitrogens with zero attached hydrogens (tertiary/aromatic N) is 2. The van der Waals surface area contributed by atoms with E-state index in [9.17, 15) is 9.32 Å². The normalized spacial score (nSPS) is 11.7. The third-order valence-corrected chi connectivity index (χ3v) is 4.04. The quantitative estimate of drug-likeness (QED) is 0.254.